The molecule has 1 aliphatic rings. The summed E-state index contributed by atoms with van der Waals surface area (Å²) in [7, 11) is 0. The summed E-state index contributed by atoms with van der Waals surface area (Å²) in [5, 5.41) is 3.12. The van der Waals surface area contributed by atoms with E-state index in [-0.39, 0.29) is 5.82 Å². The van der Waals surface area contributed by atoms with E-state index in [0.29, 0.717) is 5.69 Å². The fourth-order valence-electron chi connectivity index (χ4n) is 3.20. The van der Waals surface area contributed by atoms with Gasteiger partial charge in [0.25, 0.3) is 0 Å². The molecule has 0 spiro atoms. The molecule has 0 aliphatic carbocycles. The van der Waals surface area contributed by atoms with Crippen LogP contribution in [-0.4, -0.2) is 16.5 Å². The highest BCUT2D eigenvalue weighted by Crippen LogP contribution is 2.27. The third kappa shape index (κ3) is 3.18. The van der Waals surface area contributed by atoms with E-state index in [1.807, 2.05) is 18.3 Å². The van der Waals surface area contributed by atoms with E-state index in [0.717, 1.165) is 42.3 Å². The first-order chi connectivity index (χ1) is 12.2. The number of halogens is 1. The Bertz CT molecular complexity index is 910. The highest BCUT2D eigenvalue weighted by molar-refractivity contribution is 5.61. The van der Waals surface area contributed by atoms with Crippen molar-refractivity contribution in [1.82, 2.24) is 9.97 Å². The topological polar surface area (TPSA) is 41.1 Å². The van der Waals surface area contributed by atoms with E-state index in [1.165, 1.54) is 11.6 Å². The van der Waals surface area contributed by atoms with Gasteiger partial charge in [-0.1, -0.05) is 18.2 Å². The molecular formula is C20H19FN4. The molecule has 0 fully saturated rings. The molecule has 2 aromatic heterocycles. The van der Waals surface area contributed by atoms with Crippen molar-refractivity contribution in [2.24, 2.45) is 0 Å². The van der Waals surface area contributed by atoms with Gasteiger partial charge in [-0.3, -0.25) is 4.98 Å². The second-order valence-electron chi connectivity index (χ2n) is 6.25. The zero-order valence-electron chi connectivity index (χ0n) is 14.0. The number of nitrogens with one attached hydrogen (secondary N) is 1. The molecule has 1 aromatic carbocycles. The van der Waals surface area contributed by atoms with Gasteiger partial charge in [-0.15, -0.1) is 0 Å². The van der Waals surface area contributed by atoms with Crippen molar-refractivity contribution in [1.29, 1.82) is 0 Å². The number of aryl methyl sites for hydroxylation is 1. The maximum absolute atomic E-state index is 13.8. The number of para-hydroxylation sites is 1. The van der Waals surface area contributed by atoms with Gasteiger partial charge in [0.2, 0.25) is 0 Å². The zero-order valence-corrected chi connectivity index (χ0v) is 14.0. The molecule has 0 unspecified atom stereocenters. The van der Waals surface area contributed by atoms with Crippen LogP contribution in [0.25, 0.3) is 0 Å². The summed E-state index contributed by atoms with van der Waals surface area (Å²) in [4.78, 5) is 11.4. The van der Waals surface area contributed by atoms with E-state index in [1.54, 1.807) is 18.3 Å². The smallest absolute Gasteiger partial charge is 0.146 e. The molecule has 25 heavy (non-hydrogen) atoms. The third-order valence-electron chi connectivity index (χ3n) is 4.47. The first-order valence-corrected chi connectivity index (χ1v) is 8.36. The van der Waals surface area contributed by atoms with Crippen molar-refractivity contribution in [3.8, 4) is 0 Å². The van der Waals surface area contributed by atoms with Gasteiger partial charge in [-0.2, -0.15) is 0 Å². The minimum Gasteiger partial charge on any atom is -0.352 e. The van der Waals surface area contributed by atoms with Crippen LogP contribution in [0, 0.1) is 12.7 Å². The fourth-order valence-corrected chi connectivity index (χ4v) is 3.20. The van der Waals surface area contributed by atoms with Gasteiger partial charge < -0.3 is 10.2 Å². The molecular weight excluding hydrogens is 315 g/mol. The highest BCUT2D eigenvalue weighted by Gasteiger charge is 2.20. The van der Waals surface area contributed by atoms with Crippen molar-refractivity contribution in [3.05, 3.63) is 77.5 Å². The molecule has 3 heterocycles. The van der Waals surface area contributed by atoms with Crippen LogP contribution in [0.15, 0.2) is 54.9 Å². The second-order valence-corrected chi connectivity index (χ2v) is 6.25. The molecule has 0 saturated heterocycles. The Kier molecular flexibility index (Phi) is 4.06. The third-order valence-corrected chi connectivity index (χ3v) is 4.47. The molecule has 126 valence electrons. The Hall–Kier alpha value is -2.95. The lowest BCUT2D eigenvalue weighted by Gasteiger charge is -2.30. The lowest BCUT2D eigenvalue weighted by molar-refractivity contribution is 0.632. The quantitative estimate of drug-likeness (QED) is 0.778. The Labute approximate surface area is 146 Å². The normalized spacial score (nSPS) is 13.4. The van der Waals surface area contributed by atoms with Crippen molar-refractivity contribution in [2.75, 3.05) is 16.8 Å². The molecule has 1 aliphatic heterocycles. The van der Waals surface area contributed by atoms with E-state index < -0.39 is 0 Å². The summed E-state index contributed by atoms with van der Waals surface area (Å²) in [6.07, 6.45) is 4.48. The summed E-state index contributed by atoms with van der Waals surface area (Å²) in [5.74, 6) is 0.742. The monoisotopic (exact) mass is 334 g/mol. The van der Waals surface area contributed by atoms with E-state index in [4.69, 9.17) is 0 Å². The molecule has 1 N–H and O–H groups in total. The maximum atomic E-state index is 13.8. The lowest BCUT2D eigenvalue weighted by Crippen LogP contribution is -2.32. The standard InChI is InChI=1S/C20H19FN4/c1-14-5-4-9-22-20(14)25-10-8-18-15(13-25)11-16(12-23-18)24-19-7-3-2-6-17(19)21/h2-7,9,11-12,24H,8,10,13H2,1H3. The number of rotatable bonds is 3. The van der Waals surface area contributed by atoms with E-state index in [2.05, 4.69) is 39.2 Å². The van der Waals surface area contributed by atoms with Gasteiger partial charge in [0, 0.05) is 31.4 Å². The van der Waals surface area contributed by atoms with Gasteiger partial charge in [0.15, 0.2) is 0 Å². The Morgan fingerprint density at radius 2 is 2.00 bits per heavy atom. The summed E-state index contributed by atoms with van der Waals surface area (Å²) in [6.45, 7) is 3.73. The van der Waals surface area contributed by atoms with E-state index >= 15 is 0 Å². The predicted octanol–water partition coefficient (Wildman–Crippen LogP) is 4.23. The Balaban J connectivity index is 1.59. The number of pyridine rings is 2. The van der Waals surface area contributed by atoms with Crippen LogP contribution in [0.5, 0.6) is 0 Å². The average Bonchev–Trinajstić information content (AvgIpc) is 2.63. The zero-order chi connectivity index (χ0) is 17.2. The molecule has 5 heteroatoms. The van der Waals surface area contributed by atoms with Crippen LogP contribution < -0.4 is 10.2 Å². The maximum Gasteiger partial charge on any atom is 0.146 e. The van der Waals surface area contributed by atoms with Crippen molar-refractivity contribution < 1.29 is 4.39 Å². The van der Waals surface area contributed by atoms with Gasteiger partial charge in [-0.05, 0) is 42.3 Å². The SMILES string of the molecule is Cc1cccnc1N1CCc2ncc(Nc3ccccc3F)cc2C1. The number of aromatic nitrogens is 2. The van der Waals surface area contributed by atoms with Crippen LogP contribution in [0.4, 0.5) is 21.6 Å². The minimum atomic E-state index is -0.272. The largest absolute Gasteiger partial charge is 0.352 e. The average molecular weight is 334 g/mol. The molecule has 0 amide bonds. The predicted molar refractivity (Wildman–Crippen MR) is 97.6 cm³/mol. The van der Waals surface area contributed by atoms with Gasteiger partial charge in [0.05, 0.1) is 17.6 Å². The summed E-state index contributed by atoms with van der Waals surface area (Å²) >= 11 is 0. The first-order valence-electron chi connectivity index (χ1n) is 8.36. The second kappa shape index (κ2) is 6.51. The summed E-state index contributed by atoms with van der Waals surface area (Å²) in [6, 6.07) is 12.7. The summed E-state index contributed by atoms with van der Waals surface area (Å²) in [5.41, 5.74) is 4.67. The van der Waals surface area contributed by atoms with Crippen molar-refractivity contribution in [3.63, 3.8) is 0 Å². The molecule has 4 rings (SSSR count). The number of hydrogen-bond acceptors (Lipinski definition) is 4. The van der Waals surface area contributed by atoms with Crippen LogP contribution in [0.1, 0.15) is 16.8 Å². The van der Waals surface area contributed by atoms with Crippen LogP contribution in [-0.2, 0) is 13.0 Å². The Morgan fingerprint density at radius 1 is 1.12 bits per heavy atom. The number of fused-ring (bicyclic) bond motifs is 1. The van der Waals surface area contributed by atoms with Gasteiger partial charge in [-0.25, -0.2) is 9.37 Å². The van der Waals surface area contributed by atoms with Crippen LogP contribution in [0.2, 0.25) is 0 Å². The number of hydrogen-bond donors (Lipinski definition) is 1. The van der Waals surface area contributed by atoms with Crippen LogP contribution in [0.3, 0.4) is 0 Å². The molecule has 3 aromatic rings. The summed E-state index contributed by atoms with van der Waals surface area (Å²) < 4.78 is 13.8. The molecule has 0 atom stereocenters. The fraction of sp³-hybridized carbons (Fsp3) is 0.200. The van der Waals surface area contributed by atoms with Gasteiger partial charge in [0.1, 0.15) is 11.6 Å². The Morgan fingerprint density at radius 3 is 2.84 bits per heavy atom. The molecule has 0 saturated carbocycles. The van der Waals surface area contributed by atoms with Gasteiger partial charge >= 0.3 is 0 Å². The van der Waals surface area contributed by atoms with Crippen molar-refractivity contribution in [2.45, 2.75) is 19.9 Å². The first kappa shape index (κ1) is 15.6. The lowest BCUT2D eigenvalue weighted by atomic mass is 10.0. The molecule has 0 radical (unpaired) electrons. The molecule has 0 bridgehead atoms. The van der Waals surface area contributed by atoms with E-state index in [9.17, 15) is 4.39 Å². The molecule has 4 nitrogen and oxygen atoms in total. The minimum absolute atomic E-state index is 0.272. The van der Waals surface area contributed by atoms with Crippen molar-refractivity contribution >= 4 is 17.2 Å². The number of benzene rings is 1. The number of anilines is 3. The highest BCUT2D eigenvalue weighted by atomic mass is 19.1. The number of nitrogens with zero attached hydrogens (tertiary/aromatic N) is 3. The van der Waals surface area contributed by atoms with Crippen LogP contribution >= 0.6 is 0 Å².